The lowest BCUT2D eigenvalue weighted by Crippen LogP contribution is -2.44. The van der Waals surface area contributed by atoms with Gasteiger partial charge < -0.3 is 0 Å². The van der Waals surface area contributed by atoms with Crippen LogP contribution in [0.4, 0.5) is 0 Å². The van der Waals surface area contributed by atoms with E-state index < -0.39 is 0 Å². The monoisotopic (exact) mass is 234 g/mol. The summed E-state index contributed by atoms with van der Waals surface area (Å²) in [4.78, 5) is 2.59. The summed E-state index contributed by atoms with van der Waals surface area (Å²) in [5.74, 6) is 1.07. The van der Waals surface area contributed by atoms with Gasteiger partial charge in [0.05, 0.1) is 12.0 Å². The molecule has 96 valence electrons. The molecule has 0 aromatic carbocycles. The molecule has 0 aromatic rings. The van der Waals surface area contributed by atoms with E-state index in [0.29, 0.717) is 11.5 Å². The smallest absolute Gasteiger partial charge is 0.0672 e. The van der Waals surface area contributed by atoms with Crippen molar-refractivity contribution in [1.82, 2.24) is 4.90 Å². The van der Waals surface area contributed by atoms with E-state index in [1.807, 2.05) is 0 Å². The van der Waals surface area contributed by atoms with Crippen molar-refractivity contribution in [2.24, 2.45) is 17.3 Å². The summed E-state index contributed by atoms with van der Waals surface area (Å²) in [6.07, 6.45) is 6.25. The summed E-state index contributed by atoms with van der Waals surface area (Å²) in [5, 5.41) is 9.33. The Balaban J connectivity index is 2.06. The summed E-state index contributed by atoms with van der Waals surface area (Å²) in [6, 6.07) is 3.10. The third kappa shape index (κ3) is 2.83. The van der Waals surface area contributed by atoms with Crippen molar-refractivity contribution in [2.75, 3.05) is 13.1 Å². The van der Waals surface area contributed by atoms with Gasteiger partial charge in [-0.15, -0.1) is 0 Å². The maximum Gasteiger partial charge on any atom is 0.0672 e. The predicted molar refractivity (Wildman–Crippen MR) is 70.5 cm³/mol. The molecular formula is C15H26N2. The Kier molecular flexibility index (Phi) is 3.78. The molecule has 2 nitrogen and oxygen atoms in total. The van der Waals surface area contributed by atoms with E-state index in [2.05, 4.69) is 31.7 Å². The number of rotatable bonds is 1. The molecule has 2 fully saturated rings. The second-order valence-electron chi connectivity index (χ2n) is 6.92. The topological polar surface area (TPSA) is 27.0 Å². The Morgan fingerprint density at radius 1 is 1.12 bits per heavy atom. The lowest BCUT2D eigenvalue weighted by atomic mass is 9.68. The van der Waals surface area contributed by atoms with Gasteiger partial charge in [0.15, 0.2) is 0 Å². The van der Waals surface area contributed by atoms with Crippen LogP contribution in [0.5, 0.6) is 0 Å². The zero-order chi connectivity index (χ0) is 12.5. The first-order valence-electron chi connectivity index (χ1n) is 7.16. The predicted octanol–water partition coefficient (Wildman–Crippen LogP) is 3.44. The maximum atomic E-state index is 9.33. The molecule has 3 atom stereocenters. The Morgan fingerprint density at radius 3 is 2.29 bits per heavy atom. The molecule has 1 saturated heterocycles. The molecule has 0 bridgehead atoms. The highest BCUT2D eigenvalue weighted by Crippen LogP contribution is 2.42. The standard InChI is InChI=1S/C15H26N2/c1-15(2,3)13-7-6-12(11-16)14(10-13)17-8-4-5-9-17/h12-14H,4-10H2,1-3H3. The Bertz CT molecular complexity index is 291. The fraction of sp³-hybridized carbons (Fsp3) is 0.933. The number of nitrogens with zero attached hydrogens (tertiary/aromatic N) is 2. The number of hydrogen-bond acceptors (Lipinski definition) is 2. The number of likely N-dealkylation sites (tertiary alicyclic amines) is 1. The van der Waals surface area contributed by atoms with Gasteiger partial charge in [-0.05, 0) is 56.5 Å². The fourth-order valence-electron chi connectivity index (χ4n) is 3.56. The van der Waals surface area contributed by atoms with Gasteiger partial charge in [0.1, 0.15) is 0 Å². The molecule has 2 rings (SSSR count). The first kappa shape index (κ1) is 12.9. The van der Waals surface area contributed by atoms with Crippen molar-refractivity contribution in [3.05, 3.63) is 0 Å². The third-order valence-electron chi connectivity index (χ3n) is 4.82. The first-order chi connectivity index (χ1) is 8.02. The lowest BCUT2D eigenvalue weighted by molar-refractivity contribution is 0.0741. The summed E-state index contributed by atoms with van der Waals surface area (Å²) < 4.78 is 0. The Morgan fingerprint density at radius 2 is 1.76 bits per heavy atom. The molecule has 2 aliphatic rings. The molecule has 1 heterocycles. The van der Waals surface area contributed by atoms with Crippen LogP contribution in [0.2, 0.25) is 0 Å². The SMILES string of the molecule is CC(C)(C)C1CCC(C#N)C(N2CCCC2)C1. The zero-order valence-corrected chi connectivity index (χ0v) is 11.6. The van der Waals surface area contributed by atoms with E-state index >= 15 is 0 Å². The molecule has 1 aliphatic heterocycles. The minimum absolute atomic E-state index is 0.284. The Hall–Kier alpha value is -0.550. The second kappa shape index (κ2) is 4.98. The van der Waals surface area contributed by atoms with Crippen molar-refractivity contribution in [1.29, 1.82) is 5.26 Å². The van der Waals surface area contributed by atoms with Crippen molar-refractivity contribution < 1.29 is 0 Å². The van der Waals surface area contributed by atoms with Gasteiger partial charge in [-0.2, -0.15) is 5.26 Å². The molecule has 0 aromatic heterocycles. The van der Waals surface area contributed by atoms with Gasteiger partial charge in [-0.1, -0.05) is 20.8 Å². The van der Waals surface area contributed by atoms with Crippen LogP contribution in [-0.4, -0.2) is 24.0 Å². The van der Waals surface area contributed by atoms with E-state index in [0.717, 1.165) is 12.3 Å². The average molecular weight is 234 g/mol. The van der Waals surface area contributed by atoms with Crippen LogP contribution in [0, 0.1) is 28.6 Å². The van der Waals surface area contributed by atoms with E-state index in [4.69, 9.17) is 0 Å². The highest BCUT2D eigenvalue weighted by molar-refractivity contribution is 5.00. The fourth-order valence-corrected chi connectivity index (χ4v) is 3.56. The van der Waals surface area contributed by atoms with Crippen LogP contribution in [0.15, 0.2) is 0 Å². The van der Waals surface area contributed by atoms with E-state index in [9.17, 15) is 5.26 Å². The van der Waals surface area contributed by atoms with Crippen LogP contribution in [0.1, 0.15) is 52.9 Å². The highest BCUT2D eigenvalue weighted by atomic mass is 15.2. The molecule has 0 amide bonds. The van der Waals surface area contributed by atoms with Crippen LogP contribution in [0.3, 0.4) is 0 Å². The van der Waals surface area contributed by atoms with Gasteiger partial charge in [-0.25, -0.2) is 0 Å². The van der Waals surface area contributed by atoms with Gasteiger partial charge >= 0.3 is 0 Å². The van der Waals surface area contributed by atoms with Crippen molar-refractivity contribution in [3.8, 4) is 6.07 Å². The van der Waals surface area contributed by atoms with Gasteiger partial charge in [0, 0.05) is 6.04 Å². The largest absolute Gasteiger partial charge is 0.299 e. The second-order valence-corrected chi connectivity index (χ2v) is 6.92. The molecule has 0 radical (unpaired) electrons. The van der Waals surface area contributed by atoms with Crippen molar-refractivity contribution in [2.45, 2.75) is 58.9 Å². The third-order valence-corrected chi connectivity index (χ3v) is 4.82. The molecule has 3 unspecified atom stereocenters. The summed E-state index contributed by atoms with van der Waals surface area (Å²) in [6.45, 7) is 9.50. The average Bonchev–Trinajstić information content (AvgIpc) is 2.80. The normalized spacial score (nSPS) is 35.8. The zero-order valence-electron chi connectivity index (χ0n) is 11.6. The minimum Gasteiger partial charge on any atom is -0.299 e. The Labute approximate surface area is 106 Å². The molecular weight excluding hydrogens is 208 g/mol. The van der Waals surface area contributed by atoms with E-state index in [1.54, 1.807) is 0 Å². The maximum absolute atomic E-state index is 9.33. The highest BCUT2D eigenvalue weighted by Gasteiger charge is 2.39. The molecule has 2 heteroatoms. The summed E-state index contributed by atoms with van der Waals surface area (Å²) in [7, 11) is 0. The first-order valence-corrected chi connectivity index (χ1v) is 7.16. The van der Waals surface area contributed by atoms with Crippen LogP contribution < -0.4 is 0 Å². The molecule has 1 aliphatic carbocycles. The van der Waals surface area contributed by atoms with Crippen molar-refractivity contribution in [3.63, 3.8) is 0 Å². The van der Waals surface area contributed by atoms with Crippen LogP contribution >= 0.6 is 0 Å². The molecule has 0 spiro atoms. The van der Waals surface area contributed by atoms with Gasteiger partial charge in [0.2, 0.25) is 0 Å². The molecule has 17 heavy (non-hydrogen) atoms. The van der Waals surface area contributed by atoms with E-state index in [-0.39, 0.29) is 5.92 Å². The number of nitriles is 1. The van der Waals surface area contributed by atoms with Gasteiger partial charge in [0.25, 0.3) is 0 Å². The van der Waals surface area contributed by atoms with Crippen molar-refractivity contribution >= 4 is 0 Å². The lowest BCUT2D eigenvalue weighted by Gasteiger charge is -2.43. The molecule has 1 saturated carbocycles. The van der Waals surface area contributed by atoms with E-state index in [1.165, 1.54) is 38.8 Å². The summed E-state index contributed by atoms with van der Waals surface area (Å²) in [5.41, 5.74) is 0.401. The quantitative estimate of drug-likeness (QED) is 0.695. The van der Waals surface area contributed by atoms with Gasteiger partial charge in [-0.3, -0.25) is 4.90 Å². The summed E-state index contributed by atoms with van der Waals surface area (Å²) >= 11 is 0. The molecule has 0 N–H and O–H groups in total. The van der Waals surface area contributed by atoms with Crippen LogP contribution in [0.25, 0.3) is 0 Å². The number of hydrogen-bond donors (Lipinski definition) is 0. The van der Waals surface area contributed by atoms with Crippen LogP contribution in [-0.2, 0) is 0 Å². The minimum atomic E-state index is 0.284.